The van der Waals surface area contributed by atoms with Gasteiger partial charge in [-0.05, 0) is 37.0 Å². The largest absolute Gasteiger partial charge is 0.456 e. The number of benzene rings is 1. The zero-order valence-corrected chi connectivity index (χ0v) is 13.1. The lowest BCUT2D eigenvalue weighted by atomic mass is 9.86. The maximum atomic E-state index is 12.0. The highest BCUT2D eigenvalue weighted by Crippen LogP contribution is 2.49. The van der Waals surface area contributed by atoms with Gasteiger partial charge in [-0.1, -0.05) is 36.8 Å². The van der Waals surface area contributed by atoms with Crippen LogP contribution in [-0.4, -0.2) is 11.0 Å². The number of fused-ring (bicyclic) bond motifs is 2. The van der Waals surface area contributed by atoms with Gasteiger partial charge in [0.15, 0.2) is 12.4 Å². The zero-order chi connectivity index (χ0) is 15.6. The molecule has 2 saturated carbocycles. The fourth-order valence-corrected chi connectivity index (χ4v) is 4.15. The van der Waals surface area contributed by atoms with Gasteiger partial charge in [0.25, 0.3) is 0 Å². The van der Waals surface area contributed by atoms with Gasteiger partial charge in [0.1, 0.15) is 0 Å². The summed E-state index contributed by atoms with van der Waals surface area (Å²) in [7, 11) is 0. The van der Waals surface area contributed by atoms with Crippen molar-refractivity contribution in [2.24, 2.45) is 17.8 Å². The molecule has 23 heavy (non-hydrogen) atoms. The molecular formula is C19H21NO3. The molecule has 1 aromatic carbocycles. The monoisotopic (exact) mass is 311 g/mol. The van der Waals surface area contributed by atoms with Crippen molar-refractivity contribution < 1.29 is 13.9 Å². The number of esters is 1. The minimum absolute atomic E-state index is 0.118. The van der Waals surface area contributed by atoms with Gasteiger partial charge < -0.3 is 9.15 Å². The Morgan fingerprint density at radius 3 is 2.83 bits per heavy atom. The molecule has 2 aliphatic rings. The molecule has 2 fully saturated rings. The van der Waals surface area contributed by atoms with Crippen LogP contribution in [0.5, 0.6) is 0 Å². The fraction of sp³-hybridized carbons (Fsp3) is 0.474. The molecule has 0 unspecified atom stereocenters. The smallest absolute Gasteiger partial charge is 0.306 e. The van der Waals surface area contributed by atoms with E-state index < -0.39 is 0 Å². The molecule has 2 bridgehead atoms. The van der Waals surface area contributed by atoms with Crippen LogP contribution in [0.2, 0.25) is 0 Å². The van der Waals surface area contributed by atoms with E-state index in [4.69, 9.17) is 9.15 Å². The number of hydrogen-bond acceptors (Lipinski definition) is 4. The number of oxazole rings is 1. The second-order valence-electron chi connectivity index (χ2n) is 6.78. The predicted octanol–water partition coefficient (Wildman–Crippen LogP) is 4.21. The summed E-state index contributed by atoms with van der Waals surface area (Å²) in [4.78, 5) is 16.2. The number of carbonyl (C=O) groups is 1. The van der Waals surface area contributed by atoms with Gasteiger partial charge in [-0.3, -0.25) is 4.79 Å². The van der Waals surface area contributed by atoms with Crippen LogP contribution >= 0.6 is 0 Å². The van der Waals surface area contributed by atoms with Crippen LogP contribution in [0.15, 0.2) is 40.9 Å². The molecule has 120 valence electrons. The maximum absolute atomic E-state index is 12.0. The van der Waals surface area contributed by atoms with Crippen LogP contribution in [0.3, 0.4) is 0 Å². The molecule has 1 aromatic heterocycles. The molecule has 0 N–H and O–H groups in total. The number of aromatic nitrogens is 1. The Balaban J connectivity index is 1.29. The summed E-state index contributed by atoms with van der Waals surface area (Å²) in [5.74, 6) is 3.17. The number of ether oxygens (including phenoxy) is 1. The molecule has 0 aliphatic heterocycles. The Morgan fingerprint density at radius 1 is 1.22 bits per heavy atom. The number of nitrogens with zero attached hydrogens (tertiary/aromatic N) is 1. The first-order chi connectivity index (χ1) is 11.3. The van der Waals surface area contributed by atoms with Crippen molar-refractivity contribution in [1.29, 1.82) is 0 Å². The molecule has 0 radical (unpaired) electrons. The standard InChI is InChI=1S/C19H21NO3/c21-19(10-16-9-13-6-7-15(16)8-13)22-12-18-20-11-17(23-18)14-4-2-1-3-5-14/h1-5,11,13,15-16H,6-10,12H2/t13-,15-,16+/m1/s1. The van der Waals surface area contributed by atoms with E-state index in [-0.39, 0.29) is 12.6 Å². The average molecular weight is 311 g/mol. The van der Waals surface area contributed by atoms with Crippen molar-refractivity contribution in [3.8, 4) is 11.3 Å². The van der Waals surface area contributed by atoms with E-state index in [0.29, 0.717) is 24.0 Å². The third-order valence-electron chi connectivity index (χ3n) is 5.28. The number of hydrogen-bond donors (Lipinski definition) is 0. The Hall–Kier alpha value is -2.10. The average Bonchev–Trinajstić information content (AvgIpc) is 3.30. The number of carbonyl (C=O) groups excluding carboxylic acids is 1. The van der Waals surface area contributed by atoms with E-state index in [2.05, 4.69) is 4.98 Å². The van der Waals surface area contributed by atoms with Gasteiger partial charge in [0, 0.05) is 12.0 Å². The van der Waals surface area contributed by atoms with Crippen molar-refractivity contribution in [3.05, 3.63) is 42.4 Å². The molecule has 0 spiro atoms. The van der Waals surface area contributed by atoms with Crippen LogP contribution in [0.25, 0.3) is 11.3 Å². The normalized spacial score (nSPS) is 25.7. The van der Waals surface area contributed by atoms with Gasteiger partial charge in [-0.15, -0.1) is 0 Å². The molecule has 4 heteroatoms. The summed E-state index contributed by atoms with van der Waals surface area (Å²) < 4.78 is 11.0. The van der Waals surface area contributed by atoms with Crippen LogP contribution in [0.4, 0.5) is 0 Å². The topological polar surface area (TPSA) is 52.3 Å². The number of rotatable bonds is 5. The lowest BCUT2D eigenvalue weighted by Gasteiger charge is -2.20. The first kappa shape index (κ1) is 14.5. The molecule has 4 rings (SSSR count). The van der Waals surface area contributed by atoms with Gasteiger partial charge in [-0.2, -0.15) is 0 Å². The second-order valence-corrected chi connectivity index (χ2v) is 6.78. The molecule has 0 saturated heterocycles. The van der Waals surface area contributed by atoms with E-state index in [1.165, 1.54) is 25.7 Å². The first-order valence-electron chi connectivity index (χ1n) is 8.43. The molecule has 3 atom stereocenters. The third-order valence-corrected chi connectivity index (χ3v) is 5.28. The SMILES string of the molecule is O=C(C[C@@H]1C[C@@H]2CC[C@@H]1C2)OCc1ncc(-c2ccccc2)o1. The van der Waals surface area contributed by atoms with Gasteiger partial charge >= 0.3 is 5.97 Å². The highest BCUT2D eigenvalue weighted by Gasteiger charge is 2.40. The fourth-order valence-electron chi connectivity index (χ4n) is 4.15. The van der Waals surface area contributed by atoms with Gasteiger partial charge in [-0.25, -0.2) is 4.98 Å². The van der Waals surface area contributed by atoms with E-state index in [1.807, 2.05) is 30.3 Å². The van der Waals surface area contributed by atoms with Gasteiger partial charge in [0.05, 0.1) is 6.20 Å². The van der Waals surface area contributed by atoms with Crippen molar-refractivity contribution in [3.63, 3.8) is 0 Å². The maximum Gasteiger partial charge on any atom is 0.306 e. The van der Waals surface area contributed by atoms with Crippen molar-refractivity contribution in [2.45, 2.75) is 38.7 Å². The van der Waals surface area contributed by atoms with Crippen molar-refractivity contribution in [2.75, 3.05) is 0 Å². The highest BCUT2D eigenvalue weighted by atomic mass is 16.5. The molecule has 4 nitrogen and oxygen atoms in total. The Labute approximate surface area is 135 Å². The molecule has 2 aliphatic carbocycles. The van der Waals surface area contributed by atoms with Crippen LogP contribution in [0.1, 0.15) is 38.0 Å². The highest BCUT2D eigenvalue weighted by molar-refractivity contribution is 5.69. The van der Waals surface area contributed by atoms with E-state index >= 15 is 0 Å². The predicted molar refractivity (Wildman–Crippen MR) is 85.3 cm³/mol. The van der Waals surface area contributed by atoms with Crippen LogP contribution < -0.4 is 0 Å². The van der Waals surface area contributed by atoms with E-state index in [0.717, 1.165) is 17.4 Å². The summed E-state index contributed by atoms with van der Waals surface area (Å²) in [6.45, 7) is 0.118. The lowest BCUT2D eigenvalue weighted by Crippen LogP contribution is -2.16. The molecule has 2 aromatic rings. The summed E-state index contributed by atoms with van der Waals surface area (Å²) in [6, 6.07) is 9.79. The molecule has 1 heterocycles. The third kappa shape index (κ3) is 3.16. The zero-order valence-electron chi connectivity index (χ0n) is 13.1. The summed E-state index contributed by atoms with van der Waals surface area (Å²) in [6.07, 6.45) is 7.40. The van der Waals surface area contributed by atoms with Crippen molar-refractivity contribution >= 4 is 5.97 Å². The second kappa shape index (κ2) is 6.19. The quantitative estimate of drug-likeness (QED) is 0.776. The molecule has 0 amide bonds. The summed E-state index contributed by atoms with van der Waals surface area (Å²) >= 11 is 0. The van der Waals surface area contributed by atoms with E-state index in [9.17, 15) is 4.79 Å². The van der Waals surface area contributed by atoms with Gasteiger partial charge in [0.2, 0.25) is 5.89 Å². The van der Waals surface area contributed by atoms with Crippen LogP contribution in [-0.2, 0) is 16.1 Å². The Kier molecular flexibility index (Phi) is 3.90. The lowest BCUT2D eigenvalue weighted by molar-refractivity contribution is -0.147. The Morgan fingerprint density at radius 2 is 2.09 bits per heavy atom. The Bertz CT molecular complexity index is 679. The summed E-state index contributed by atoms with van der Waals surface area (Å²) in [5.41, 5.74) is 0.972. The minimum Gasteiger partial charge on any atom is -0.456 e. The van der Waals surface area contributed by atoms with Crippen molar-refractivity contribution in [1.82, 2.24) is 4.98 Å². The van der Waals surface area contributed by atoms with Crippen LogP contribution in [0, 0.1) is 17.8 Å². The first-order valence-corrected chi connectivity index (χ1v) is 8.43. The molecular weight excluding hydrogens is 290 g/mol. The minimum atomic E-state index is -0.123. The van der Waals surface area contributed by atoms with E-state index in [1.54, 1.807) is 6.20 Å². The summed E-state index contributed by atoms with van der Waals surface area (Å²) in [5, 5.41) is 0.